The molecule has 3 rings (SSSR count). The lowest BCUT2D eigenvalue weighted by atomic mass is 10.1. The van der Waals surface area contributed by atoms with Crippen LogP contribution in [0.3, 0.4) is 0 Å². The first-order valence-corrected chi connectivity index (χ1v) is 13.5. The van der Waals surface area contributed by atoms with Gasteiger partial charge >= 0.3 is 17.9 Å². The standard InChI is InChI=1S/C33H34O10/c1-3-31(34)41-22-20-38-18-17-37-19-21-39-29-13-9-27(10-14-29)33(36)43-30-15-7-26(8-16-30)25-5-11-28(12-6-25)40-23-24-42-32(35)4-2/h3-16H,1-2,17-24H2. The maximum absolute atomic E-state index is 12.6. The van der Waals surface area contributed by atoms with Crippen molar-refractivity contribution in [3.8, 4) is 28.4 Å². The molecule has 10 nitrogen and oxygen atoms in total. The van der Waals surface area contributed by atoms with Crippen LogP contribution in [0.15, 0.2) is 98.1 Å². The summed E-state index contributed by atoms with van der Waals surface area (Å²) >= 11 is 0. The molecule has 43 heavy (non-hydrogen) atoms. The minimum absolute atomic E-state index is 0.138. The Morgan fingerprint density at radius 3 is 1.42 bits per heavy atom. The van der Waals surface area contributed by atoms with E-state index in [9.17, 15) is 14.4 Å². The monoisotopic (exact) mass is 590 g/mol. The molecule has 0 aromatic heterocycles. The van der Waals surface area contributed by atoms with Crippen LogP contribution in [-0.4, -0.2) is 70.8 Å². The Labute approximate surface area is 250 Å². The number of benzene rings is 3. The molecule has 0 N–H and O–H groups in total. The fraction of sp³-hybridized carbons (Fsp3) is 0.242. The lowest BCUT2D eigenvalue weighted by Crippen LogP contribution is -2.13. The molecule has 3 aromatic carbocycles. The molecule has 10 heteroatoms. The number of hydrogen-bond acceptors (Lipinski definition) is 10. The van der Waals surface area contributed by atoms with Crippen molar-refractivity contribution in [1.29, 1.82) is 0 Å². The molecule has 0 aliphatic heterocycles. The van der Waals surface area contributed by atoms with Gasteiger partial charge in [-0.1, -0.05) is 37.4 Å². The van der Waals surface area contributed by atoms with Gasteiger partial charge in [0.1, 0.15) is 43.7 Å². The van der Waals surface area contributed by atoms with E-state index >= 15 is 0 Å². The minimum Gasteiger partial charge on any atom is -0.491 e. The lowest BCUT2D eigenvalue weighted by molar-refractivity contribution is -0.139. The van der Waals surface area contributed by atoms with E-state index in [4.69, 9.17) is 33.2 Å². The van der Waals surface area contributed by atoms with Crippen molar-refractivity contribution in [2.75, 3.05) is 52.9 Å². The lowest BCUT2D eigenvalue weighted by Gasteiger charge is -2.09. The highest BCUT2D eigenvalue weighted by atomic mass is 16.6. The Morgan fingerprint density at radius 1 is 0.512 bits per heavy atom. The molecule has 0 atom stereocenters. The Hall–Kier alpha value is -4.93. The van der Waals surface area contributed by atoms with Gasteiger partial charge in [-0.05, 0) is 59.7 Å². The molecule has 226 valence electrons. The largest absolute Gasteiger partial charge is 0.491 e. The summed E-state index contributed by atoms with van der Waals surface area (Å²) in [5, 5.41) is 0. The average Bonchev–Trinajstić information content (AvgIpc) is 3.04. The number of ether oxygens (including phenoxy) is 7. The third kappa shape index (κ3) is 12.2. The van der Waals surface area contributed by atoms with Gasteiger partial charge in [0.15, 0.2) is 0 Å². The highest BCUT2D eigenvalue weighted by molar-refractivity contribution is 5.91. The van der Waals surface area contributed by atoms with E-state index in [1.54, 1.807) is 36.4 Å². The highest BCUT2D eigenvalue weighted by Gasteiger charge is 2.10. The van der Waals surface area contributed by atoms with E-state index in [0.29, 0.717) is 49.2 Å². The number of esters is 3. The van der Waals surface area contributed by atoms with Crippen molar-refractivity contribution in [3.05, 3.63) is 104 Å². The first-order chi connectivity index (χ1) is 21.0. The summed E-state index contributed by atoms with van der Waals surface area (Å²) in [6.45, 7) is 8.91. The van der Waals surface area contributed by atoms with Gasteiger partial charge in [-0.3, -0.25) is 0 Å². The molecule has 0 saturated heterocycles. The summed E-state index contributed by atoms with van der Waals surface area (Å²) in [7, 11) is 0. The Kier molecular flexibility index (Phi) is 14.0. The van der Waals surface area contributed by atoms with Crippen LogP contribution in [0.4, 0.5) is 0 Å². The zero-order chi connectivity index (χ0) is 30.7. The van der Waals surface area contributed by atoms with Crippen molar-refractivity contribution in [2.24, 2.45) is 0 Å². The van der Waals surface area contributed by atoms with Gasteiger partial charge in [0, 0.05) is 12.2 Å². The number of hydrogen-bond donors (Lipinski definition) is 0. The summed E-state index contributed by atoms with van der Waals surface area (Å²) in [5.41, 5.74) is 2.29. The van der Waals surface area contributed by atoms with E-state index < -0.39 is 17.9 Å². The molecule has 3 aromatic rings. The van der Waals surface area contributed by atoms with Crippen LogP contribution in [0.25, 0.3) is 11.1 Å². The van der Waals surface area contributed by atoms with Gasteiger partial charge in [-0.2, -0.15) is 0 Å². The number of rotatable bonds is 19. The Balaban J connectivity index is 1.33. The first kappa shape index (κ1) is 32.6. The SMILES string of the molecule is C=CC(=O)OCCOCCOCCOc1ccc(C(=O)Oc2ccc(-c3ccc(OCCOC(=O)C=C)cc3)cc2)cc1. The molecule has 0 fully saturated rings. The predicted octanol–water partition coefficient (Wildman–Crippen LogP) is 4.82. The van der Waals surface area contributed by atoms with Crippen LogP contribution in [0.1, 0.15) is 10.4 Å². The molecular formula is C33H34O10. The van der Waals surface area contributed by atoms with Gasteiger partial charge in [0.25, 0.3) is 0 Å². The van der Waals surface area contributed by atoms with Gasteiger partial charge in [0.2, 0.25) is 0 Å². The maximum Gasteiger partial charge on any atom is 0.343 e. The molecule has 0 aliphatic carbocycles. The second kappa shape index (κ2) is 18.5. The van der Waals surface area contributed by atoms with Crippen LogP contribution < -0.4 is 14.2 Å². The number of carbonyl (C=O) groups excluding carboxylic acids is 3. The molecule has 0 amide bonds. The Morgan fingerprint density at radius 2 is 0.907 bits per heavy atom. The molecule has 0 saturated carbocycles. The quantitative estimate of drug-likeness (QED) is 0.0833. The molecule has 0 bridgehead atoms. The minimum atomic E-state index is -0.488. The van der Waals surface area contributed by atoms with E-state index in [-0.39, 0.29) is 26.4 Å². The topological polar surface area (TPSA) is 116 Å². The van der Waals surface area contributed by atoms with Gasteiger partial charge in [0.05, 0.1) is 32.0 Å². The molecule has 0 radical (unpaired) electrons. The predicted molar refractivity (Wildman–Crippen MR) is 158 cm³/mol. The Bertz CT molecular complexity index is 1320. The van der Waals surface area contributed by atoms with Crippen molar-refractivity contribution in [3.63, 3.8) is 0 Å². The normalized spacial score (nSPS) is 10.3. The zero-order valence-electron chi connectivity index (χ0n) is 23.7. The second-order valence-electron chi connectivity index (χ2n) is 8.63. The van der Waals surface area contributed by atoms with Crippen molar-refractivity contribution in [2.45, 2.75) is 0 Å². The van der Waals surface area contributed by atoms with E-state index in [2.05, 4.69) is 13.2 Å². The maximum atomic E-state index is 12.6. The highest BCUT2D eigenvalue weighted by Crippen LogP contribution is 2.25. The van der Waals surface area contributed by atoms with E-state index in [0.717, 1.165) is 23.3 Å². The summed E-state index contributed by atoms with van der Waals surface area (Å²) in [5.74, 6) is 0.209. The van der Waals surface area contributed by atoms with Crippen molar-refractivity contribution < 1.29 is 47.5 Å². The van der Waals surface area contributed by atoms with Crippen LogP contribution in [-0.2, 0) is 28.5 Å². The number of carbonyl (C=O) groups is 3. The smallest absolute Gasteiger partial charge is 0.343 e. The van der Waals surface area contributed by atoms with Crippen LogP contribution in [0.5, 0.6) is 17.2 Å². The summed E-state index contributed by atoms with van der Waals surface area (Å²) < 4.78 is 37.1. The molecule has 0 unspecified atom stereocenters. The van der Waals surface area contributed by atoms with E-state index in [1.165, 1.54) is 0 Å². The third-order valence-corrected chi connectivity index (χ3v) is 5.61. The average molecular weight is 591 g/mol. The molecule has 0 heterocycles. The van der Waals surface area contributed by atoms with Crippen molar-refractivity contribution >= 4 is 17.9 Å². The fourth-order valence-corrected chi connectivity index (χ4v) is 3.47. The third-order valence-electron chi connectivity index (χ3n) is 5.61. The molecule has 0 aliphatic rings. The zero-order valence-corrected chi connectivity index (χ0v) is 23.7. The summed E-state index contributed by atoms with van der Waals surface area (Å²) in [4.78, 5) is 34.5. The molecular weight excluding hydrogens is 556 g/mol. The first-order valence-electron chi connectivity index (χ1n) is 13.5. The van der Waals surface area contributed by atoms with Crippen LogP contribution >= 0.6 is 0 Å². The van der Waals surface area contributed by atoms with Gasteiger partial charge in [-0.15, -0.1) is 0 Å². The molecule has 0 spiro atoms. The van der Waals surface area contributed by atoms with Crippen LogP contribution in [0.2, 0.25) is 0 Å². The summed E-state index contributed by atoms with van der Waals surface area (Å²) in [6, 6.07) is 21.3. The van der Waals surface area contributed by atoms with Gasteiger partial charge < -0.3 is 33.2 Å². The van der Waals surface area contributed by atoms with Crippen LogP contribution in [0, 0.1) is 0 Å². The fourth-order valence-electron chi connectivity index (χ4n) is 3.47. The van der Waals surface area contributed by atoms with Gasteiger partial charge in [-0.25, -0.2) is 14.4 Å². The summed E-state index contributed by atoms with van der Waals surface area (Å²) in [6.07, 6.45) is 2.20. The second-order valence-corrected chi connectivity index (χ2v) is 8.63. The van der Waals surface area contributed by atoms with Crippen molar-refractivity contribution in [1.82, 2.24) is 0 Å². The van der Waals surface area contributed by atoms with E-state index in [1.807, 2.05) is 36.4 Å².